The van der Waals surface area contributed by atoms with Crippen molar-refractivity contribution in [1.82, 2.24) is 9.13 Å². The van der Waals surface area contributed by atoms with Crippen LogP contribution in [0.3, 0.4) is 0 Å². The number of allylic oxidation sites excluding steroid dienone is 2. The molecule has 0 bridgehead atoms. The lowest BCUT2D eigenvalue weighted by Crippen LogP contribution is -2.08. The molecule has 0 fully saturated rings. The number of hydrogen-bond acceptors (Lipinski definition) is 1. The minimum atomic E-state index is 0.0113. The van der Waals surface area contributed by atoms with E-state index in [0.29, 0.717) is 5.56 Å². The van der Waals surface area contributed by atoms with E-state index in [9.17, 15) is 5.26 Å². The van der Waals surface area contributed by atoms with E-state index in [1.54, 1.807) is 0 Å². The molecule has 0 spiro atoms. The molecule has 3 nitrogen and oxygen atoms in total. The van der Waals surface area contributed by atoms with Crippen LogP contribution in [0.25, 0.3) is 112 Å². The lowest BCUT2D eigenvalue weighted by Gasteiger charge is -2.24. The average molecular weight is 1140 g/mol. The van der Waals surface area contributed by atoms with Gasteiger partial charge in [0.25, 0.3) is 0 Å². The van der Waals surface area contributed by atoms with E-state index in [0.717, 1.165) is 77.2 Å². The summed E-state index contributed by atoms with van der Waals surface area (Å²) in [5, 5.41) is 17.4. The van der Waals surface area contributed by atoms with E-state index in [2.05, 4.69) is 325 Å². The van der Waals surface area contributed by atoms with Crippen LogP contribution in [0.1, 0.15) is 84.9 Å². The largest absolute Gasteiger partial charge is 0.308 e. The lowest BCUT2D eigenvalue weighted by atomic mass is 9.84. The molecule has 4 aliphatic rings. The Hall–Kier alpha value is -11.6. The lowest BCUT2D eigenvalue weighted by molar-refractivity contribution is 0.940. The van der Waals surface area contributed by atoms with Crippen LogP contribution in [0, 0.1) is 11.3 Å². The summed E-state index contributed by atoms with van der Waals surface area (Å²) in [7, 11) is 0. The first-order chi connectivity index (χ1) is 44.6. The fourth-order valence-corrected chi connectivity index (χ4v) is 16.6. The highest BCUT2D eigenvalue weighted by Gasteiger charge is 2.44. The third-order valence-corrected chi connectivity index (χ3v) is 20.3. The minimum Gasteiger partial charge on any atom is -0.308 e. The SMILES string of the molecule is N#Cc1c(-c2ccc3c(c2)C2C(=C3)C(c3ccccc3)c3ccc(-c4ccccc4)cc32)c(-n2c3ccccc3c3ccccc32)cc(-n2c3ccccc3c3ccccc32)c1-c1ccc2c(c1)C1C(=C2)C(c2ccccc2)c2ccc(-c3ccccc3)cc21. The molecule has 2 heterocycles. The zero-order valence-electron chi connectivity index (χ0n) is 49.1. The molecule has 418 valence electrons. The molecule has 0 aliphatic heterocycles. The van der Waals surface area contributed by atoms with Crippen LogP contribution < -0.4 is 0 Å². The maximum absolute atomic E-state index is 12.8. The van der Waals surface area contributed by atoms with E-state index >= 15 is 0 Å². The third kappa shape index (κ3) is 7.40. The molecule has 3 heteroatoms. The first-order valence-electron chi connectivity index (χ1n) is 31.4. The molecular formula is C87H55N3. The van der Waals surface area contributed by atoms with E-state index in [-0.39, 0.29) is 23.7 Å². The number of hydrogen-bond donors (Lipinski definition) is 0. The third-order valence-electron chi connectivity index (χ3n) is 20.3. The fourth-order valence-electron chi connectivity index (χ4n) is 16.6. The molecule has 15 aromatic rings. The number of nitrogens with zero attached hydrogens (tertiary/aromatic N) is 3. The van der Waals surface area contributed by atoms with Gasteiger partial charge in [-0.3, -0.25) is 0 Å². The van der Waals surface area contributed by atoms with Crippen molar-refractivity contribution in [2.24, 2.45) is 0 Å². The van der Waals surface area contributed by atoms with Crippen molar-refractivity contribution in [2.45, 2.75) is 23.7 Å². The van der Waals surface area contributed by atoms with Gasteiger partial charge in [-0.25, -0.2) is 0 Å². The molecular weight excluding hydrogens is 1090 g/mol. The summed E-state index contributed by atoms with van der Waals surface area (Å²) < 4.78 is 4.90. The second-order valence-electron chi connectivity index (χ2n) is 24.8. The Bertz CT molecular complexity index is 5170. The van der Waals surface area contributed by atoms with Crippen LogP contribution in [0.4, 0.5) is 0 Å². The first kappa shape index (κ1) is 50.6. The Balaban J connectivity index is 0.896. The van der Waals surface area contributed by atoms with Gasteiger partial charge in [-0.15, -0.1) is 0 Å². The van der Waals surface area contributed by atoms with Gasteiger partial charge in [0, 0.05) is 56.3 Å². The summed E-state index contributed by atoms with van der Waals surface area (Å²) in [6, 6.07) is 113. The summed E-state index contributed by atoms with van der Waals surface area (Å²) in [5.74, 6) is 0.220. The van der Waals surface area contributed by atoms with Crippen LogP contribution in [0.15, 0.2) is 308 Å². The zero-order chi connectivity index (χ0) is 59.1. The number of para-hydroxylation sites is 4. The maximum atomic E-state index is 12.8. The van der Waals surface area contributed by atoms with E-state index < -0.39 is 0 Å². The van der Waals surface area contributed by atoms with Crippen LogP contribution in [-0.2, 0) is 0 Å². The number of nitriles is 1. The van der Waals surface area contributed by atoms with Crippen LogP contribution in [-0.4, -0.2) is 9.13 Å². The minimum absolute atomic E-state index is 0.0113. The molecule has 13 aromatic carbocycles. The highest BCUT2D eigenvalue weighted by atomic mass is 15.0. The monoisotopic (exact) mass is 1140 g/mol. The number of benzene rings is 13. The van der Waals surface area contributed by atoms with Crippen molar-refractivity contribution >= 4 is 55.8 Å². The summed E-state index contributed by atoms with van der Waals surface area (Å²) in [6.45, 7) is 0. The Labute approximate surface area is 522 Å². The Kier molecular flexibility index (Phi) is 11.1. The van der Waals surface area contributed by atoms with Crippen molar-refractivity contribution in [3.8, 4) is 62.0 Å². The normalized spacial score (nSPS) is 16.6. The second-order valence-corrected chi connectivity index (χ2v) is 24.8. The van der Waals surface area contributed by atoms with Gasteiger partial charge in [0.2, 0.25) is 0 Å². The molecule has 0 N–H and O–H groups in total. The molecule has 0 saturated carbocycles. The first-order valence-corrected chi connectivity index (χ1v) is 31.4. The van der Waals surface area contributed by atoms with E-state index in [1.807, 2.05) is 0 Å². The van der Waals surface area contributed by atoms with Gasteiger partial charge < -0.3 is 9.13 Å². The fraction of sp³-hybridized carbons (Fsp3) is 0.0460. The van der Waals surface area contributed by atoms with Gasteiger partial charge >= 0.3 is 0 Å². The second kappa shape index (κ2) is 19.7. The molecule has 0 saturated heterocycles. The Morgan fingerprint density at radius 2 is 0.600 bits per heavy atom. The molecule has 0 amide bonds. The maximum Gasteiger partial charge on any atom is 0.101 e. The van der Waals surface area contributed by atoms with Crippen molar-refractivity contribution < 1.29 is 0 Å². The van der Waals surface area contributed by atoms with Gasteiger partial charge in [0.15, 0.2) is 0 Å². The number of aromatic nitrogens is 2. The zero-order valence-corrected chi connectivity index (χ0v) is 49.1. The number of fused-ring (bicyclic) bond motifs is 16. The summed E-state index contributed by atoms with van der Waals surface area (Å²) in [4.78, 5) is 0. The van der Waals surface area contributed by atoms with Gasteiger partial charge in [0.05, 0.1) is 39.0 Å². The number of rotatable bonds is 8. The quantitative estimate of drug-likeness (QED) is 0.149. The topological polar surface area (TPSA) is 33.6 Å². The molecule has 4 unspecified atom stereocenters. The molecule has 4 aliphatic carbocycles. The van der Waals surface area contributed by atoms with Gasteiger partial charge in [-0.2, -0.15) is 5.26 Å². The van der Waals surface area contributed by atoms with Crippen molar-refractivity contribution in [1.29, 1.82) is 5.26 Å². The van der Waals surface area contributed by atoms with Crippen molar-refractivity contribution in [3.05, 3.63) is 370 Å². The van der Waals surface area contributed by atoms with Gasteiger partial charge in [-0.1, -0.05) is 255 Å². The Morgan fingerprint density at radius 3 is 0.978 bits per heavy atom. The Morgan fingerprint density at radius 1 is 0.267 bits per heavy atom. The van der Waals surface area contributed by atoms with Gasteiger partial charge in [0.1, 0.15) is 6.07 Å². The summed E-state index contributed by atoms with van der Waals surface area (Å²) in [5.41, 5.74) is 31.2. The highest BCUT2D eigenvalue weighted by molar-refractivity contribution is 6.12. The molecule has 19 rings (SSSR count). The predicted octanol–water partition coefficient (Wildman–Crippen LogP) is 21.8. The predicted molar refractivity (Wildman–Crippen MR) is 371 cm³/mol. The highest BCUT2D eigenvalue weighted by Crippen LogP contribution is 2.60. The van der Waals surface area contributed by atoms with Gasteiger partial charge in [-0.05, 0) is 155 Å². The van der Waals surface area contributed by atoms with Crippen LogP contribution in [0.5, 0.6) is 0 Å². The van der Waals surface area contributed by atoms with Crippen LogP contribution >= 0.6 is 0 Å². The molecule has 2 aromatic heterocycles. The molecule has 0 radical (unpaired) electrons. The van der Waals surface area contributed by atoms with E-state index in [1.165, 1.54) is 89.0 Å². The van der Waals surface area contributed by atoms with Crippen molar-refractivity contribution in [3.63, 3.8) is 0 Å². The molecule has 4 atom stereocenters. The average Bonchev–Trinajstić information content (AvgIpc) is 1.54. The van der Waals surface area contributed by atoms with Crippen LogP contribution in [0.2, 0.25) is 0 Å². The summed E-state index contributed by atoms with van der Waals surface area (Å²) >= 11 is 0. The summed E-state index contributed by atoms with van der Waals surface area (Å²) in [6.07, 6.45) is 4.94. The smallest absolute Gasteiger partial charge is 0.101 e. The van der Waals surface area contributed by atoms with Crippen molar-refractivity contribution in [2.75, 3.05) is 0 Å². The van der Waals surface area contributed by atoms with E-state index in [4.69, 9.17) is 0 Å². The molecule has 90 heavy (non-hydrogen) atoms. The standard InChI is InChI=1S/C87H55N3/c88-52-75-84(61-39-37-59-47-73-82(55-25-9-3-10-26-55)67-43-41-57(53-21-5-1-6-22-53)45-71(67)86(73)69(59)49-61)80(89-76-33-17-13-29-63(76)64-30-14-18-34-77(64)89)51-81(90-78-35-19-15-31-65(78)66-32-16-20-36-79(66)90)85(75)62-40-38-60-48-74-83(56-27-11-4-12-28-56)68-44-42-58(54-23-7-2-8-24-54)46-72(68)87(74)70(60)50-62/h1-51,82-83,86-87H.